The minimum Gasteiger partial charge on any atom is -0.466 e. The van der Waals surface area contributed by atoms with Crippen molar-refractivity contribution in [2.75, 3.05) is 13.2 Å². The molecule has 2 aliphatic heterocycles. The second-order valence-corrected chi connectivity index (χ2v) is 4.74. The van der Waals surface area contributed by atoms with Crippen LogP contribution in [0, 0.1) is 5.92 Å². The number of carbonyl (C=O) groups excluding carboxylic acids is 2. The number of ether oxygens (including phenoxy) is 1. The first-order valence-electron chi connectivity index (χ1n) is 6.40. The summed E-state index contributed by atoms with van der Waals surface area (Å²) in [5.41, 5.74) is 0. The monoisotopic (exact) mass is 240 g/mol. The Hall–Kier alpha value is -1.10. The van der Waals surface area contributed by atoms with Gasteiger partial charge in [-0.3, -0.25) is 9.59 Å². The second kappa shape index (κ2) is 5.49. The molecular formula is C12H20N2O3. The molecule has 96 valence electrons. The van der Waals surface area contributed by atoms with E-state index in [1.807, 2.05) is 0 Å². The van der Waals surface area contributed by atoms with Crippen LogP contribution in [-0.4, -0.2) is 37.1 Å². The predicted octanol–water partition coefficient (Wildman–Crippen LogP) is 0.196. The van der Waals surface area contributed by atoms with E-state index in [9.17, 15) is 9.59 Å². The van der Waals surface area contributed by atoms with Crippen molar-refractivity contribution in [3.8, 4) is 0 Å². The molecule has 17 heavy (non-hydrogen) atoms. The molecule has 0 aromatic carbocycles. The standard InChI is InChI=1S/C12H20N2O3/c1-2-17-11(15)5-6-13-12(16)9-7-8-3-4-10(9)14-8/h8-10,14H,2-7H2,1H3,(H,13,16). The lowest BCUT2D eigenvalue weighted by Crippen LogP contribution is -2.38. The van der Waals surface area contributed by atoms with Crippen molar-refractivity contribution in [2.45, 2.75) is 44.7 Å². The minimum atomic E-state index is -0.251. The Bertz CT molecular complexity index is 306. The number of fused-ring (bicyclic) bond motifs is 2. The van der Waals surface area contributed by atoms with Crippen LogP contribution in [0.1, 0.15) is 32.6 Å². The molecular weight excluding hydrogens is 220 g/mol. The van der Waals surface area contributed by atoms with Gasteiger partial charge in [0.05, 0.1) is 18.9 Å². The number of nitrogens with one attached hydrogen (secondary N) is 2. The highest BCUT2D eigenvalue weighted by molar-refractivity contribution is 5.80. The van der Waals surface area contributed by atoms with Crippen molar-refractivity contribution in [1.82, 2.24) is 10.6 Å². The highest BCUT2D eigenvalue weighted by Crippen LogP contribution is 2.33. The fourth-order valence-electron chi connectivity index (χ4n) is 2.77. The lowest BCUT2D eigenvalue weighted by molar-refractivity contribution is -0.143. The van der Waals surface area contributed by atoms with Crippen molar-refractivity contribution in [3.63, 3.8) is 0 Å². The summed E-state index contributed by atoms with van der Waals surface area (Å²) in [5, 5.41) is 6.24. The molecule has 5 heteroatoms. The molecule has 5 nitrogen and oxygen atoms in total. The zero-order valence-electron chi connectivity index (χ0n) is 10.2. The molecule has 0 spiro atoms. The smallest absolute Gasteiger partial charge is 0.307 e. The highest BCUT2D eigenvalue weighted by atomic mass is 16.5. The van der Waals surface area contributed by atoms with Crippen molar-refractivity contribution in [1.29, 1.82) is 0 Å². The lowest BCUT2D eigenvalue weighted by Gasteiger charge is -2.19. The van der Waals surface area contributed by atoms with Crippen molar-refractivity contribution in [3.05, 3.63) is 0 Å². The first-order chi connectivity index (χ1) is 8.20. The predicted molar refractivity (Wildman–Crippen MR) is 62.3 cm³/mol. The van der Waals surface area contributed by atoms with Gasteiger partial charge in [-0.1, -0.05) is 0 Å². The summed E-state index contributed by atoms with van der Waals surface area (Å²) < 4.78 is 4.80. The van der Waals surface area contributed by atoms with Gasteiger partial charge in [0.2, 0.25) is 5.91 Å². The Balaban J connectivity index is 1.66. The molecule has 0 radical (unpaired) electrons. The number of hydrogen-bond donors (Lipinski definition) is 2. The summed E-state index contributed by atoms with van der Waals surface area (Å²) in [6, 6.07) is 0.878. The molecule has 0 aliphatic carbocycles. The molecule has 3 unspecified atom stereocenters. The normalized spacial score (nSPS) is 30.3. The summed E-state index contributed by atoms with van der Waals surface area (Å²) in [4.78, 5) is 23.0. The molecule has 0 saturated carbocycles. The number of esters is 1. The Labute approximate surface area is 101 Å². The Morgan fingerprint density at radius 3 is 2.82 bits per heavy atom. The van der Waals surface area contributed by atoms with E-state index >= 15 is 0 Å². The second-order valence-electron chi connectivity index (χ2n) is 4.74. The zero-order valence-corrected chi connectivity index (χ0v) is 10.2. The van der Waals surface area contributed by atoms with Crippen LogP contribution in [0.3, 0.4) is 0 Å². The number of amides is 1. The van der Waals surface area contributed by atoms with Gasteiger partial charge in [-0.2, -0.15) is 0 Å². The Kier molecular flexibility index (Phi) is 3.99. The lowest BCUT2D eigenvalue weighted by atomic mass is 9.88. The largest absolute Gasteiger partial charge is 0.466 e. The molecule has 2 bridgehead atoms. The third kappa shape index (κ3) is 2.97. The van der Waals surface area contributed by atoms with E-state index in [2.05, 4.69) is 10.6 Å². The molecule has 0 aromatic rings. The summed E-state index contributed by atoms with van der Waals surface area (Å²) in [7, 11) is 0. The van der Waals surface area contributed by atoms with Crippen molar-refractivity contribution in [2.24, 2.45) is 5.92 Å². The molecule has 2 saturated heterocycles. The van der Waals surface area contributed by atoms with E-state index in [4.69, 9.17) is 4.74 Å². The van der Waals surface area contributed by atoms with Crippen molar-refractivity contribution >= 4 is 11.9 Å². The molecule has 3 atom stereocenters. The molecule has 2 N–H and O–H groups in total. The fourth-order valence-corrected chi connectivity index (χ4v) is 2.77. The van der Waals surface area contributed by atoms with Crippen LogP contribution >= 0.6 is 0 Å². The van der Waals surface area contributed by atoms with E-state index in [0.29, 0.717) is 25.2 Å². The van der Waals surface area contributed by atoms with Crippen LogP contribution in [0.5, 0.6) is 0 Å². The first kappa shape index (κ1) is 12.4. The average molecular weight is 240 g/mol. The molecule has 0 aromatic heterocycles. The van der Waals surface area contributed by atoms with E-state index in [1.54, 1.807) is 6.92 Å². The van der Waals surface area contributed by atoms with E-state index < -0.39 is 0 Å². The Morgan fingerprint density at radius 2 is 2.24 bits per heavy atom. The highest BCUT2D eigenvalue weighted by Gasteiger charge is 2.42. The number of carbonyl (C=O) groups is 2. The maximum absolute atomic E-state index is 11.9. The SMILES string of the molecule is CCOC(=O)CCNC(=O)C1CC2CCC1N2. The van der Waals surface area contributed by atoms with Crippen LogP contribution in [-0.2, 0) is 14.3 Å². The summed E-state index contributed by atoms with van der Waals surface area (Å²) in [6.07, 6.45) is 3.49. The van der Waals surface area contributed by atoms with Gasteiger partial charge >= 0.3 is 5.97 Å². The van der Waals surface area contributed by atoms with Crippen LogP contribution in [0.15, 0.2) is 0 Å². The maximum atomic E-state index is 11.9. The topological polar surface area (TPSA) is 67.4 Å². The van der Waals surface area contributed by atoms with Gasteiger partial charge in [-0.05, 0) is 26.2 Å². The maximum Gasteiger partial charge on any atom is 0.307 e. The quantitative estimate of drug-likeness (QED) is 0.673. The molecule has 2 rings (SSSR count). The summed E-state index contributed by atoms with van der Waals surface area (Å²) >= 11 is 0. The van der Waals surface area contributed by atoms with Gasteiger partial charge in [0.25, 0.3) is 0 Å². The van der Waals surface area contributed by atoms with Crippen LogP contribution < -0.4 is 10.6 Å². The van der Waals surface area contributed by atoms with E-state index in [-0.39, 0.29) is 24.2 Å². The summed E-state index contributed by atoms with van der Waals surface area (Å²) in [6.45, 7) is 2.55. The van der Waals surface area contributed by atoms with E-state index in [1.165, 1.54) is 6.42 Å². The van der Waals surface area contributed by atoms with Crippen LogP contribution in [0.25, 0.3) is 0 Å². The van der Waals surface area contributed by atoms with Crippen LogP contribution in [0.4, 0.5) is 0 Å². The first-order valence-corrected chi connectivity index (χ1v) is 6.40. The minimum absolute atomic E-state index is 0.0778. The fraction of sp³-hybridized carbons (Fsp3) is 0.833. The van der Waals surface area contributed by atoms with Crippen LogP contribution in [0.2, 0.25) is 0 Å². The molecule has 2 fully saturated rings. The van der Waals surface area contributed by atoms with Gasteiger partial charge in [0, 0.05) is 18.6 Å². The zero-order chi connectivity index (χ0) is 12.3. The molecule has 2 heterocycles. The van der Waals surface area contributed by atoms with Gasteiger partial charge in [-0.15, -0.1) is 0 Å². The average Bonchev–Trinajstić information content (AvgIpc) is 2.90. The van der Waals surface area contributed by atoms with E-state index in [0.717, 1.165) is 12.8 Å². The molecule has 2 aliphatic rings. The summed E-state index contributed by atoms with van der Waals surface area (Å²) in [5.74, 6) is -0.0798. The van der Waals surface area contributed by atoms with Gasteiger partial charge in [0.15, 0.2) is 0 Å². The third-order valence-corrected chi connectivity index (χ3v) is 3.57. The molecule has 1 amide bonds. The van der Waals surface area contributed by atoms with Gasteiger partial charge in [0.1, 0.15) is 0 Å². The third-order valence-electron chi connectivity index (χ3n) is 3.57. The van der Waals surface area contributed by atoms with Gasteiger partial charge < -0.3 is 15.4 Å². The number of rotatable bonds is 5. The van der Waals surface area contributed by atoms with Gasteiger partial charge in [-0.25, -0.2) is 0 Å². The Morgan fingerprint density at radius 1 is 1.41 bits per heavy atom. The van der Waals surface area contributed by atoms with Crippen molar-refractivity contribution < 1.29 is 14.3 Å². The number of hydrogen-bond acceptors (Lipinski definition) is 4.